The van der Waals surface area contributed by atoms with Crippen LogP contribution in [0.3, 0.4) is 0 Å². The van der Waals surface area contributed by atoms with Crippen LogP contribution in [0.25, 0.3) is 0 Å². The van der Waals surface area contributed by atoms with Gasteiger partial charge in [-0.1, -0.05) is 0 Å². The number of aliphatic carboxylic acids is 1. The number of hydrogen-bond acceptors (Lipinski definition) is 5. The third-order valence-electron chi connectivity index (χ3n) is 3.03. The second kappa shape index (κ2) is 4.44. The van der Waals surface area contributed by atoms with Crippen LogP contribution in [-0.2, 0) is 20.2 Å². The molecule has 19 heavy (non-hydrogen) atoms. The molecule has 0 radical (unpaired) electrons. The fourth-order valence-electron chi connectivity index (χ4n) is 1.45. The number of sulfonamides is 1. The zero-order chi connectivity index (χ0) is 14.3. The van der Waals surface area contributed by atoms with Crippen molar-refractivity contribution in [3.63, 3.8) is 0 Å². The number of nitrogens with zero attached hydrogens (tertiary/aromatic N) is 2. The quantitative estimate of drug-likeness (QED) is 0.826. The van der Waals surface area contributed by atoms with Crippen LogP contribution in [0.1, 0.15) is 32.4 Å². The van der Waals surface area contributed by atoms with E-state index in [9.17, 15) is 13.2 Å². The second-order valence-corrected chi connectivity index (χ2v) is 7.00. The van der Waals surface area contributed by atoms with Crippen molar-refractivity contribution in [3.05, 3.63) is 18.0 Å². The van der Waals surface area contributed by atoms with Crippen LogP contribution in [0.15, 0.2) is 12.3 Å². The summed E-state index contributed by atoms with van der Waals surface area (Å²) in [5.41, 5.74) is -0.952. The molecule has 0 aromatic carbocycles. The van der Waals surface area contributed by atoms with Crippen LogP contribution in [0, 0.1) is 0 Å². The zero-order valence-electron chi connectivity index (χ0n) is 10.6. The highest BCUT2D eigenvalue weighted by Crippen LogP contribution is 2.29. The minimum absolute atomic E-state index is 0.0845. The Morgan fingerprint density at radius 3 is 2.63 bits per heavy atom. The van der Waals surface area contributed by atoms with E-state index < -0.39 is 21.4 Å². The molecule has 7 nitrogen and oxygen atoms in total. The molecule has 0 saturated heterocycles. The van der Waals surface area contributed by atoms with E-state index >= 15 is 0 Å². The number of carboxylic acid groups (broad SMARTS) is 1. The van der Waals surface area contributed by atoms with Gasteiger partial charge in [0.25, 0.3) is 0 Å². The fourth-order valence-corrected chi connectivity index (χ4v) is 2.73. The molecule has 0 unspecified atom stereocenters. The molecule has 1 aliphatic rings. The van der Waals surface area contributed by atoms with E-state index in [1.807, 2.05) is 0 Å². The lowest BCUT2D eigenvalue weighted by Gasteiger charge is -2.18. The van der Waals surface area contributed by atoms with Crippen LogP contribution in [0.2, 0.25) is 0 Å². The second-order valence-electron chi connectivity index (χ2n) is 5.04. The van der Waals surface area contributed by atoms with Crippen LogP contribution in [-0.4, -0.2) is 34.7 Å². The minimum atomic E-state index is -3.45. The Balaban J connectivity index is 2.27. The van der Waals surface area contributed by atoms with Gasteiger partial charge >= 0.3 is 5.97 Å². The summed E-state index contributed by atoms with van der Waals surface area (Å²) in [6.07, 6.45) is 2.61. The normalized spacial score (nSPS) is 16.1. The van der Waals surface area contributed by atoms with E-state index in [1.54, 1.807) is 0 Å². The highest BCUT2D eigenvalue weighted by atomic mass is 32.2. The smallest absolute Gasteiger partial charge is 0.315 e. The average Bonchev–Trinajstić information content (AvgIpc) is 3.12. The first kappa shape index (κ1) is 13.7. The van der Waals surface area contributed by atoms with Gasteiger partial charge in [-0.25, -0.2) is 18.4 Å². The van der Waals surface area contributed by atoms with Crippen molar-refractivity contribution >= 4 is 21.9 Å². The lowest BCUT2D eigenvalue weighted by atomic mass is 9.89. The number of carboxylic acids is 1. The Kier molecular flexibility index (Phi) is 3.21. The molecule has 8 heteroatoms. The van der Waals surface area contributed by atoms with Gasteiger partial charge in [0.2, 0.25) is 16.0 Å². The van der Waals surface area contributed by atoms with E-state index in [1.165, 1.54) is 26.1 Å². The van der Waals surface area contributed by atoms with Gasteiger partial charge in [0.1, 0.15) is 5.41 Å². The first-order valence-electron chi connectivity index (χ1n) is 5.82. The molecular weight excluding hydrogens is 270 g/mol. The standard InChI is InChI=1S/C11H15N3O4S/c1-11(2,9(15)16)8-5-6-12-10(13-8)14-19(17,18)7-3-4-7/h5-7H,3-4H2,1-2H3,(H,15,16)(H,12,13,14). The molecule has 2 N–H and O–H groups in total. The summed E-state index contributed by atoms with van der Waals surface area (Å²) in [7, 11) is -3.45. The summed E-state index contributed by atoms with van der Waals surface area (Å²) in [6.45, 7) is 2.99. The van der Waals surface area contributed by atoms with Gasteiger partial charge < -0.3 is 5.11 Å². The lowest BCUT2D eigenvalue weighted by Crippen LogP contribution is -2.30. The van der Waals surface area contributed by atoms with Gasteiger partial charge in [0.15, 0.2) is 0 Å². The lowest BCUT2D eigenvalue weighted by molar-refractivity contribution is -0.142. The van der Waals surface area contributed by atoms with E-state index in [-0.39, 0.29) is 16.9 Å². The molecule has 1 heterocycles. The predicted octanol–water partition coefficient (Wildman–Crippen LogP) is 0.743. The Morgan fingerprint density at radius 2 is 2.11 bits per heavy atom. The van der Waals surface area contributed by atoms with E-state index in [2.05, 4.69) is 14.7 Å². The highest BCUT2D eigenvalue weighted by Gasteiger charge is 2.37. The fraction of sp³-hybridized carbons (Fsp3) is 0.545. The van der Waals surface area contributed by atoms with E-state index in [0.29, 0.717) is 12.8 Å². The van der Waals surface area contributed by atoms with E-state index in [0.717, 1.165) is 0 Å². The predicted molar refractivity (Wildman–Crippen MR) is 68.3 cm³/mol. The van der Waals surface area contributed by atoms with E-state index in [4.69, 9.17) is 5.11 Å². The Bertz CT molecular complexity index is 608. The molecule has 0 amide bonds. The maximum Gasteiger partial charge on any atom is 0.315 e. The SMILES string of the molecule is CC(C)(C(=O)O)c1ccnc(NS(=O)(=O)C2CC2)n1. The van der Waals surface area contributed by atoms with Crippen LogP contribution >= 0.6 is 0 Å². The Labute approximate surface area is 111 Å². The molecule has 0 aliphatic heterocycles. The number of hydrogen-bond donors (Lipinski definition) is 2. The third-order valence-corrected chi connectivity index (χ3v) is 4.84. The molecule has 1 fully saturated rings. The summed E-state index contributed by atoms with van der Waals surface area (Å²) >= 11 is 0. The minimum Gasteiger partial charge on any atom is -0.481 e. The number of nitrogens with one attached hydrogen (secondary N) is 1. The van der Waals surface area contributed by atoms with Gasteiger partial charge in [-0.2, -0.15) is 0 Å². The first-order chi connectivity index (χ1) is 8.73. The molecule has 2 rings (SSSR count). The van der Waals surface area contributed by atoms with Crippen LogP contribution in [0.4, 0.5) is 5.95 Å². The average molecular weight is 285 g/mol. The van der Waals surface area contributed by atoms with Crippen molar-refractivity contribution in [2.45, 2.75) is 37.4 Å². The molecule has 104 valence electrons. The van der Waals surface area contributed by atoms with Gasteiger partial charge in [-0.15, -0.1) is 0 Å². The van der Waals surface area contributed by atoms with Crippen LogP contribution < -0.4 is 4.72 Å². The Morgan fingerprint density at radius 1 is 1.47 bits per heavy atom. The molecule has 1 aromatic heterocycles. The largest absolute Gasteiger partial charge is 0.481 e. The van der Waals surface area contributed by atoms with Crippen molar-refractivity contribution in [3.8, 4) is 0 Å². The summed E-state index contributed by atoms with van der Waals surface area (Å²) in [6, 6.07) is 1.46. The molecule has 0 bridgehead atoms. The molecular formula is C11H15N3O4S. The number of carbonyl (C=O) groups is 1. The summed E-state index contributed by atoms with van der Waals surface area (Å²) in [4.78, 5) is 18.9. The van der Waals surface area contributed by atoms with Crippen molar-refractivity contribution in [1.29, 1.82) is 0 Å². The summed E-state index contributed by atoms with van der Waals surface area (Å²) < 4.78 is 25.8. The third kappa shape index (κ3) is 2.83. The number of rotatable bonds is 5. The van der Waals surface area contributed by atoms with Gasteiger partial charge in [0, 0.05) is 6.20 Å². The van der Waals surface area contributed by atoms with Crippen molar-refractivity contribution in [2.24, 2.45) is 0 Å². The van der Waals surface area contributed by atoms with Crippen molar-refractivity contribution in [2.75, 3.05) is 4.72 Å². The maximum absolute atomic E-state index is 11.7. The van der Waals surface area contributed by atoms with Crippen molar-refractivity contribution in [1.82, 2.24) is 9.97 Å². The molecule has 1 aromatic rings. The molecule has 0 atom stereocenters. The van der Waals surface area contributed by atoms with Crippen LogP contribution in [0.5, 0.6) is 0 Å². The number of anilines is 1. The Hall–Kier alpha value is -1.70. The topological polar surface area (TPSA) is 109 Å². The molecule has 1 saturated carbocycles. The highest BCUT2D eigenvalue weighted by molar-refractivity contribution is 7.93. The summed E-state index contributed by atoms with van der Waals surface area (Å²) in [5, 5.41) is 8.74. The number of aromatic nitrogens is 2. The molecule has 1 aliphatic carbocycles. The monoisotopic (exact) mass is 285 g/mol. The summed E-state index contributed by atoms with van der Waals surface area (Å²) in [5.74, 6) is -1.12. The van der Waals surface area contributed by atoms with Gasteiger partial charge in [0.05, 0.1) is 10.9 Å². The van der Waals surface area contributed by atoms with Gasteiger partial charge in [-0.3, -0.25) is 9.52 Å². The van der Waals surface area contributed by atoms with Crippen molar-refractivity contribution < 1.29 is 18.3 Å². The molecule has 0 spiro atoms. The van der Waals surface area contributed by atoms with Gasteiger partial charge in [-0.05, 0) is 32.8 Å². The first-order valence-corrected chi connectivity index (χ1v) is 7.36. The zero-order valence-corrected chi connectivity index (χ0v) is 11.4. The maximum atomic E-state index is 11.7.